The number of rotatable bonds is 4. The minimum absolute atomic E-state index is 0. The maximum absolute atomic E-state index is 13.0. The Balaban J connectivity index is 0.00000196. The molecule has 28 heavy (non-hydrogen) atoms. The lowest BCUT2D eigenvalue weighted by Gasteiger charge is -2.33. The fraction of sp³-hybridized carbons (Fsp3) is 0.444. The van der Waals surface area contributed by atoms with E-state index in [0.29, 0.717) is 48.3 Å². The fourth-order valence-electron chi connectivity index (χ4n) is 3.14. The number of halogens is 3. The monoisotopic (exact) mass is 450 g/mol. The number of methoxy groups -OCH3 is 1. The van der Waals surface area contributed by atoms with Crippen LogP contribution in [0.1, 0.15) is 21.7 Å². The molecule has 2 heterocycles. The molecule has 7 nitrogen and oxygen atoms in total. The molecule has 0 bridgehead atoms. The summed E-state index contributed by atoms with van der Waals surface area (Å²) < 4.78 is 13.0. The molecule has 0 saturated carbocycles. The number of carbonyl (C=O) groups excluding carboxylic acids is 1. The SMILES string of the molecule is COc1cc(N)c(Cl)cc1C(=O)N1CCOC(Cn2nc(C)cc2C)C1.Cl.Cl. The van der Waals surface area contributed by atoms with E-state index in [9.17, 15) is 4.79 Å². The van der Waals surface area contributed by atoms with Gasteiger partial charge in [-0.2, -0.15) is 5.10 Å². The van der Waals surface area contributed by atoms with Gasteiger partial charge in [-0.1, -0.05) is 11.6 Å². The van der Waals surface area contributed by atoms with Crippen LogP contribution in [-0.4, -0.2) is 53.5 Å². The lowest BCUT2D eigenvalue weighted by atomic mass is 10.1. The predicted molar refractivity (Wildman–Crippen MR) is 114 cm³/mol. The summed E-state index contributed by atoms with van der Waals surface area (Å²) in [5, 5.41) is 4.80. The third-order valence-corrected chi connectivity index (χ3v) is 4.78. The second-order valence-corrected chi connectivity index (χ2v) is 6.83. The zero-order valence-electron chi connectivity index (χ0n) is 16.0. The standard InChI is InChI=1S/C18H23ClN4O3.2ClH/c1-11-6-12(2)23(21-11)10-13-9-22(4-5-26-13)18(24)14-7-15(19)16(20)8-17(14)25-3;;/h6-8,13H,4-5,9-10,20H2,1-3H3;2*1H. The average molecular weight is 452 g/mol. The van der Waals surface area contributed by atoms with Crippen molar-refractivity contribution in [2.75, 3.05) is 32.5 Å². The molecule has 0 spiro atoms. The number of benzene rings is 1. The predicted octanol–water partition coefficient (Wildman–Crippen LogP) is 3.13. The van der Waals surface area contributed by atoms with E-state index >= 15 is 0 Å². The van der Waals surface area contributed by atoms with Gasteiger partial charge in [0.25, 0.3) is 5.91 Å². The van der Waals surface area contributed by atoms with Crippen LogP contribution in [0.2, 0.25) is 5.02 Å². The Morgan fingerprint density at radius 2 is 2.07 bits per heavy atom. The zero-order valence-corrected chi connectivity index (χ0v) is 18.4. The second-order valence-electron chi connectivity index (χ2n) is 6.43. The molecule has 1 atom stereocenters. The molecule has 2 aromatic rings. The van der Waals surface area contributed by atoms with E-state index in [1.54, 1.807) is 17.0 Å². The molecule has 1 fully saturated rings. The van der Waals surface area contributed by atoms with E-state index in [0.717, 1.165) is 11.4 Å². The van der Waals surface area contributed by atoms with Gasteiger partial charge in [-0.3, -0.25) is 9.48 Å². The summed E-state index contributed by atoms with van der Waals surface area (Å²) in [4.78, 5) is 14.7. The van der Waals surface area contributed by atoms with Crippen molar-refractivity contribution in [3.63, 3.8) is 0 Å². The van der Waals surface area contributed by atoms with Crippen molar-refractivity contribution >= 4 is 48.0 Å². The number of nitrogens with zero attached hydrogens (tertiary/aromatic N) is 3. The first kappa shape index (κ1) is 24.4. The second kappa shape index (κ2) is 10.2. The maximum atomic E-state index is 13.0. The molecule has 10 heteroatoms. The largest absolute Gasteiger partial charge is 0.496 e. The van der Waals surface area contributed by atoms with E-state index < -0.39 is 0 Å². The highest BCUT2D eigenvalue weighted by Crippen LogP contribution is 2.30. The van der Waals surface area contributed by atoms with Crippen LogP contribution in [0.15, 0.2) is 18.2 Å². The smallest absolute Gasteiger partial charge is 0.257 e. The minimum atomic E-state index is -0.148. The molecule has 1 aliphatic rings. The summed E-state index contributed by atoms with van der Waals surface area (Å²) >= 11 is 6.09. The van der Waals surface area contributed by atoms with Crippen LogP contribution in [0.4, 0.5) is 5.69 Å². The first-order valence-electron chi connectivity index (χ1n) is 8.44. The summed E-state index contributed by atoms with van der Waals surface area (Å²) in [6.07, 6.45) is -0.124. The Morgan fingerprint density at radius 3 is 2.68 bits per heavy atom. The summed E-state index contributed by atoms with van der Waals surface area (Å²) in [5.74, 6) is 0.268. The number of carbonyl (C=O) groups is 1. The molecular weight excluding hydrogens is 427 g/mol. The number of hydrogen-bond donors (Lipinski definition) is 1. The Labute approximate surface area is 181 Å². The van der Waals surface area contributed by atoms with Gasteiger partial charge in [0.2, 0.25) is 0 Å². The van der Waals surface area contributed by atoms with Crippen molar-refractivity contribution in [3.8, 4) is 5.75 Å². The van der Waals surface area contributed by atoms with Gasteiger partial charge in [-0.25, -0.2) is 0 Å². The van der Waals surface area contributed by atoms with E-state index in [1.807, 2.05) is 24.6 Å². The molecule has 1 amide bonds. The van der Waals surface area contributed by atoms with Crippen molar-refractivity contribution in [2.45, 2.75) is 26.5 Å². The molecule has 1 aromatic carbocycles. The third kappa shape index (κ3) is 5.23. The number of nitrogen functional groups attached to an aromatic ring is 1. The maximum Gasteiger partial charge on any atom is 0.257 e. The quantitative estimate of drug-likeness (QED) is 0.722. The topological polar surface area (TPSA) is 82.6 Å². The number of aryl methyl sites for hydroxylation is 2. The Morgan fingerprint density at radius 1 is 1.36 bits per heavy atom. The van der Waals surface area contributed by atoms with E-state index in [1.165, 1.54) is 7.11 Å². The van der Waals surface area contributed by atoms with Crippen LogP contribution in [-0.2, 0) is 11.3 Å². The number of amides is 1. The number of hydrogen-bond acceptors (Lipinski definition) is 5. The number of aromatic nitrogens is 2. The zero-order chi connectivity index (χ0) is 18.8. The van der Waals surface area contributed by atoms with Crippen LogP contribution in [0.25, 0.3) is 0 Å². The molecular formula is C18H25Cl3N4O3. The Hall–Kier alpha value is -1.67. The van der Waals surface area contributed by atoms with E-state index in [-0.39, 0.29) is 36.8 Å². The Bertz CT molecular complexity index is 829. The van der Waals surface area contributed by atoms with Crippen LogP contribution in [0, 0.1) is 13.8 Å². The molecule has 1 saturated heterocycles. The molecule has 0 radical (unpaired) electrons. The molecule has 1 aromatic heterocycles. The number of ether oxygens (including phenoxy) is 2. The van der Waals surface area contributed by atoms with Gasteiger partial charge in [0.1, 0.15) is 5.75 Å². The van der Waals surface area contributed by atoms with Crippen molar-refractivity contribution in [1.82, 2.24) is 14.7 Å². The molecule has 1 unspecified atom stereocenters. The van der Waals surface area contributed by atoms with E-state index in [4.69, 9.17) is 26.8 Å². The first-order chi connectivity index (χ1) is 12.4. The third-order valence-electron chi connectivity index (χ3n) is 4.46. The van der Waals surface area contributed by atoms with Crippen molar-refractivity contribution < 1.29 is 14.3 Å². The lowest BCUT2D eigenvalue weighted by Crippen LogP contribution is -2.47. The van der Waals surface area contributed by atoms with Gasteiger partial charge in [0.15, 0.2) is 0 Å². The van der Waals surface area contributed by atoms with Crippen molar-refractivity contribution in [3.05, 3.63) is 40.2 Å². The minimum Gasteiger partial charge on any atom is -0.496 e. The lowest BCUT2D eigenvalue weighted by molar-refractivity contribution is -0.0303. The molecule has 3 rings (SSSR count). The molecule has 2 N–H and O–H groups in total. The normalized spacial score (nSPS) is 16.1. The number of anilines is 1. The van der Waals surface area contributed by atoms with Crippen molar-refractivity contribution in [1.29, 1.82) is 0 Å². The summed E-state index contributed by atoms with van der Waals surface area (Å²) in [6.45, 7) is 6.02. The fourth-order valence-corrected chi connectivity index (χ4v) is 3.31. The molecule has 156 valence electrons. The average Bonchev–Trinajstić information content (AvgIpc) is 2.93. The van der Waals surface area contributed by atoms with E-state index in [2.05, 4.69) is 5.10 Å². The number of nitrogens with two attached hydrogens (primary N) is 1. The van der Waals surface area contributed by atoms with Crippen molar-refractivity contribution in [2.24, 2.45) is 0 Å². The highest BCUT2D eigenvalue weighted by Gasteiger charge is 2.28. The number of morpholine rings is 1. The van der Waals surface area contributed by atoms with Gasteiger partial charge in [0.05, 0.1) is 48.3 Å². The van der Waals surface area contributed by atoms with Crippen LogP contribution < -0.4 is 10.5 Å². The van der Waals surface area contributed by atoms with Crippen LogP contribution in [0.3, 0.4) is 0 Å². The Kier molecular flexibility index (Phi) is 8.88. The summed E-state index contributed by atoms with van der Waals surface area (Å²) in [5.41, 5.74) is 8.62. The van der Waals surface area contributed by atoms with Gasteiger partial charge in [0, 0.05) is 24.8 Å². The van der Waals surface area contributed by atoms with Gasteiger partial charge >= 0.3 is 0 Å². The van der Waals surface area contributed by atoms with Crippen LogP contribution in [0.5, 0.6) is 5.75 Å². The first-order valence-corrected chi connectivity index (χ1v) is 8.81. The van der Waals surface area contributed by atoms with Crippen LogP contribution >= 0.6 is 36.4 Å². The summed E-state index contributed by atoms with van der Waals surface area (Å²) in [6, 6.07) is 5.15. The molecule has 0 aliphatic carbocycles. The summed E-state index contributed by atoms with van der Waals surface area (Å²) in [7, 11) is 1.50. The van der Waals surface area contributed by atoms with Gasteiger partial charge in [-0.15, -0.1) is 24.8 Å². The van der Waals surface area contributed by atoms with Gasteiger partial charge in [-0.05, 0) is 26.0 Å². The highest BCUT2D eigenvalue weighted by molar-refractivity contribution is 6.33. The van der Waals surface area contributed by atoms with Gasteiger partial charge < -0.3 is 20.1 Å². The molecule has 1 aliphatic heterocycles. The highest BCUT2D eigenvalue weighted by atomic mass is 35.5.